The van der Waals surface area contributed by atoms with Crippen LogP contribution in [0.25, 0.3) is 0 Å². The van der Waals surface area contributed by atoms with E-state index in [1.165, 1.54) is 24.8 Å². The van der Waals surface area contributed by atoms with Crippen molar-refractivity contribution in [2.24, 2.45) is 5.92 Å². The van der Waals surface area contributed by atoms with Crippen LogP contribution in [0.4, 0.5) is 0 Å². The van der Waals surface area contributed by atoms with E-state index in [0.29, 0.717) is 6.04 Å². The van der Waals surface area contributed by atoms with Crippen molar-refractivity contribution in [2.75, 3.05) is 0 Å². The highest BCUT2D eigenvalue weighted by molar-refractivity contribution is 5.12. The molecule has 0 aromatic rings. The molecular formula is C9H15N. The molecule has 10 heavy (non-hydrogen) atoms. The largest absolute Gasteiger partial charge is 0.307 e. The van der Waals surface area contributed by atoms with E-state index in [9.17, 15) is 0 Å². The van der Waals surface area contributed by atoms with E-state index in [4.69, 9.17) is 0 Å². The number of fused-ring (bicyclic) bond motifs is 2. The first-order valence-electron chi connectivity index (χ1n) is 4.19. The van der Waals surface area contributed by atoms with Crippen LogP contribution in [0.3, 0.4) is 0 Å². The van der Waals surface area contributed by atoms with Gasteiger partial charge in [0.2, 0.25) is 0 Å². The fourth-order valence-electron chi connectivity index (χ4n) is 2.41. The molecule has 1 saturated carbocycles. The van der Waals surface area contributed by atoms with Crippen molar-refractivity contribution in [3.05, 3.63) is 12.2 Å². The molecule has 1 saturated heterocycles. The number of hydrogen-bond donors (Lipinski definition) is 1. The first-order chi connectivity index (χ1) is 4.77. The highest BCUT2D eigenvalue weighted by Gasteiger charge is 2.38. The first kappa shape index (κ1) is 6.41. The molecule has 1 nitrogen and oxygen atoms in total. The zero-order chi connectivity index (χ0) is 7.14. The molecule has 1 aliphatic heterocycles. The molecule has 0 aromatic heterocycles. The van der Waals surface area contributed by atoms with Crippen molar-refractivity contribution in [1.82, 2.24) is 5.32 Å². The molecule has 2 bridgehead atoms. The molecule has 1 heterocycles. The van der Waals surface area contributed by atoms with E-state index in [-0.39, 0.29) is 0 Å². The van der Waals surface area contributed by atoms with Gasteiger partial charge in [0, 0.05) is 12.1 Å². The van der Waals surface area contributed by atoms with Crippen molar-refractivity contribution in [2.45, 2.75) is 38.3 Å². The Kier molecular flexibility index (Phi) is 1.34. The molecule has 2 rings (SSSR count). The Bertz CT molecular complexity index is 162. The van der Waals surface area contributed by atoms with Gasteiger partial charge in [-0.2, -0.15) is 0 Å². The van der Waals surface area contributed by atoms with Crippen LogP contribution in [0.1, 0.15) is 26.2 Å². The molecular weight excluding hydrogens is 122 g/mol. The van der Waals surface area contributed by atoms with Crippen LogP contribution in [0, 0.1) is 5.92 Å². The Labute approximate surface area is 62.5 Å². The molecule has 1 N–H and O–H groups in total. The van der Waals surface area contributed by atoms with Crippen LogP contribution in [-0.4, -0.2) is 12.1 Å². The topological polar surface area (TPSA) is 12.0 Å². The van der Waals surface area contributed by atoms with Crippen molar-refractivity contribution in [1.29, 1.82) is 0 Å². The smallest absolute Gasteiger partial charge is 0.0305 e. The molecule has 0 aromatic carbocycles. The first-order valence-corrected chi connectivity index (χ1v) is 4.19. The molecule has 1 heteroatoms. The third-order valence-corrected chi connectivity index (χ3v) is 2.89. The zero-order valence-electron chi connectivity index (χ0n) is 6.56. The van der Waals surface area contributed by atoms with Gasteiger partial charge in [-0.15, -0.1) is 0 Å². The third-order valence-electron chi connectivity index (χ3n) is 2.89. The fraction of sp³-hybridized carbons (Fsp3) is 0.778. The maximum absolute atomic E-state index is 3.99. The van der Waals surface area contributed by atoms with Crippen LogP contribution in [-0.2, 0) is 0 Å². The van der Waals surface area contributed by atoms with Gasteiger partial charge in [0.15, 0.2) is 0 Å². The van der Waals surface area contributed by atoms with E-state index in [1.54, 1.807) is 0 Å². The van der Waals surface area contributed by atoms with Gasteiger partial charge in [0.05, 0.1) is 0 Å². The van der Waals surface area contributed by atoms with Crippen molar-refractivity contribution in [3.8, 4) is 0 Å². The lowest BCUT2D eigenvalue weighted by Gasteiger charge is -2.22. The number of piperidine rings is 1. The van der Waals surface area contributed by atoms with Crippen LogP contribution >= 0.6 is 0 Å². The lowest BCUT2D eigenvalue weighted by Crippen LogP contribution is -2.35. The summed E-state index contributed by atoms with van der Waals surface area (Å²) in [5.41, 5.74) is 1.33. The predicted molar refractivity (Wildman–Crippen MR) is 42.9 cm³/mol. The number of rotatable bonds is 1. The van der Waals surface area contributed by atoms with E-state index in [2.05, 4.69) is 18.8 Å². The summed E-state index contributed by atoms with van der Waals surface area (Å²) < 4.78 is 0. The molecule has 0 amide bonds. The fourth-order valence-corrected chi connectivity index (χ4v) is 2.41. The summed E-state index contributed by atoms with van der Waals surface area (Å²) in [5, 5.41) is 3.59. The van der Waals surface area contributed by atoms with E-state index in [0.717, 1.165) is 12.0 Å². The monoisotopic (exact) mass is 137 g/mol. The van der Waals surface area contributed by atoms with Gasteiger partial charge in [0.1, 0.15) is 0 Å². The van der Waals surface area contributed by atoms with E-state index in [1.807, 2.05) is 0 Å². The summed E-state index contributed by atoms with van der Waals surface area (Å²) in [7, 11) is 0. The number of hydrogen-bond acceptors (Lipinski definition) is 1. The summed E-state index contributed by atoms with van der Waals surface area (Å²) in [6.07, 6.45) is 4.22. The zero-order valence-corrected chi connectivity index (χ0v) is 6.56. The molecule has 2 aliphatic rings. The lowest BCUT2D eigenvalue weighted by molar-refractivity contribution is 0.422. The minimum atomic E-state index is 0.652. The Morgan fingerprint density at radius 2 is 2.30 bits per heavy atom. The highest BCUT2D eigenvalue weighted by atomic mass is 15.0. The average Bonchev–Trinajstić information content (AvgIpc) is 2.44. The standard InChI is InChI=1S/C9H15N/c1-6(2)9-7-3-4-8(5-7)10-9/h7-10H,1,3-5H2,2H3/t7-,8+,9+/m0/s1. The summed E-state index contributed by atoms with van der Waals surface area (Å²) in [6.45, 7) is 6.13. The second-order valence-corrected chi connectivity index (χ2v) is 3.76. The SMILES string of the molecule is C=C(C)[C@H]1N[C@@H]2CC[C@H]1C2. The van der Waals surface area contributed by atoms with Crippen LogP contribution < -0.4 is 5.32 Å². The van der Waals surface area contributed by atoms with Crippen LogP contribution in [0.5, 0.6) is 0 Å². The minimum Gasteiger partial charge on any atom is -0.307 e. The molecule has 1 aliphatic carbocycles. The average molecular weight is 137 g/mol. The number of nitrogens with one attached hydrogen (secondary N) is 1. The summed E-state index contributed by atoms with van der Waals surface area (Å²) in [4.78, 5) is 0. The Morgan fingerprint density at radius 1 is 1.50 bits per heavy atom. The summed E-state index contributed by atoms with van der Waals surface area (Å²) in [5.74, 6) is 0.919. The molecule has 0 unspecified atom stereocenters. The summed E-state index contributed by atoms with van der Waals surface area (Å²) in [6, 6.07) is 1.48. The van der Waals surface area contributed by atoms with Crippen molar-refractivity contribution < 1.29 is 0 Å². The molecule has 0 radical (unpaired) electrons. The summed E-state index contributed by atoms with van der Waals surface area (Å²) >= 11 is 0. The second kappa shape index (κ2) is 2.09. The third kappa shape index (κ3) is 0.807. The predicted octanol–water partition coefficient (Wildman–Crippen LogP) is 1.70. The van der Waals surface area contributed by atoms with Gasteiger partial charge >= 0.3 is 0 Å². The Balaban J connectivity index is 2.08. The van der Waals surface area contributed by atoms with Crippen molar-refractivity contribution >= 4 is 0 Å². The van der Waals surface area contributed by atoms with Gasteiger partial charge < -0.3 is 5.32 Å². The van der Waals surface area contributed by atoms with Gasteiger partial charge in [-0.1, -0.05) is 12.2 Å². The van der Waals surface area contributed by atoms with Crippen LogP contribution in [0.15, 0.2) is 12.2 Å². The van der Waals surface area contributed by atoms with E-state index >= 15 is 0 Å². The highest BCUT2D eigenvalue weighted by Crippen LogP contribution is 2.37. The maximum Gasteiger partial charge on any atom is 0.0305 e. The molecule has 0 spiro atoms. The second-order valence-electron chi connectivity index (χ2n) is 3.76. The van der Waals surface area contributed by atoms with Gasteiger partial charge in [-0.3, -0.25) is 0 Å². The van der Waals surface area contributed by atoms with Gasteiger partial charge in [0.25, 0.3) is 0 Å². The van der Waals surface area contributed by atoms with Crippen LogP contribution in [0.2, 0.25) is 0 Å². The normalized spacial score (nSPS) is 44.3. The van der Waals surface area contributed by atoms with E-state index < -0.39 is 0 Å². The molecule has 3 atom stereocenters. The van der Waals surface area contributed by atoms with Gasteiger partial charge in [-0.25, -0.2) is 0 Å². The van der Waals surface area contributed by atoms with Crippen molar-refractivity contribution in [3.63, 3.8) is 0 Å². The quantitative estimate of drug-likeness (QED) is 0.542. The lowest BCUT2D eigenvalue weighted by atomic mass is 9.95. The minimum absolute atomic E-state index is 0.652. The Morgan fingerprint density at radius 3 is 2.60 bits per heavy atom. The maximum atomic E-state index is 3.99. The Hall–Kier alpha value is -0.300. The van der Waals surface area contributed by atoms with Gasteiger partial charge in [-0.05, 0) is 32.1 Å². The molecule has 2 fully saturated rings. The molecule has 56 valence electrons.